The highest BCUT2D eigenvalue weighted by molar-refractivity contribution is 5.39. The number of aryl methyl sites for hydroxylation is 1. The lowest BCUT2D eigenvalue weighted by Gasteiger charge is -2.15. The van der Waals surface area contributed by atoms with E-state index in [2.05, 4.69) is 60.4 Å². The van der Waals surface area contributed by atoms with Crippen molar-refractivity contribution >= 4 is 0 Å². The first-order chi connectivity index (χ1) is 9.88. The fraction of sp³-hybridized carbons (Fsp3) is 0.167. The van der Waals surface area contributed by atoms with Crippen molar-refractivity contribution in [3.05, 3.63) is 89.6 Å². The second-order valence-corrected chi connectivity index (χ2v) is 4.77. The number of rotatable bonds is 4. The highest BCUT2D eigenvalue weighted by atomic mass is 16.3. The lowest BCUT2D eigenvalue weighted by molar-refractivity contribution is 0.501. The molecule has 3 aromatic rings. The Morgan fingerprint density at radius 1 is 0.900 bits per heavy atom. The van der Waals surface area contributed by atoms with Crippen molar-refractivity contribution in [3.8, 4) is 0 Å². The third-order valence-electron chi connectivity index (χ3n) is 3.43. The Morgan fingerprint density at radius 2 is 1.45 bits per heavy atom. The van der Waals surface area contributed by atoms with Crippen molar-refractivity contribution in [2.24, 2.45) is 0 Å². The molecule has 0 unspecified atom stereocenters. The number of benzene rings is 2. The number of oxazole rings is 1. The second kappa shape index (κ2) is 5.74. The van der Waals surface area contributed by atoms with E-state index in [4.69, 9.17) is 4.42 Å². The molecule has 100 valence electrons. The molecule has 0 bridgehead atoms. The summed E-state index contributed by atoms with van der Waals surface area (Å²) < 4.78 is 5.53. The molecule has 2 aromatic carbocycles. The van der Waals surface area contributed by atoms with E-state index in [0.717, 1.165) is 18.0 Å². The fourth-order valence-electron chi connectivity index (χ4n) is 2.45. The van der Waals surface area contributed by atoms with Gasteiger partial charge in [-0.15, -0.1) is 0 Å². The Bertz CT molecular complexity index is 619. The molecule has 0 saturated carbocycles. The largest absolute Gasteiger partial charge is 0.449 e. The zero-order chi connectivity index (χ0) is 13.8. The van der Waals surface area contributed by atoms with E-state index in [-0.39, 0.29) is 5.92 Å². The average Bonchev–Trinajstić information content (AvgIpc) is 2.98. The smallest absolute Gasteiger partial charge is 0.193 e. The summed E-state index contributed by atoms with van der Waals surface area (Å²) in [5, 5.41) is 0. The van der Waals surface area contributed by atoms with Gasteiger partial charge in [0.1, 0.15) is 6.26 Å². The number of aromatic nitrogens is 1. The molecule has 0 amide bonds. The van der Waals surface area contributed by atoms with Crippen LogP contribution in [-0.4, -0.2) is 4.98 Å². The molecule has 0 radical (unpaired) electrons. The number of hydrogen-bond acceptors (Lipinski definition) is 2. The summed E-state index contributed by atoms with van der Waals surface area (Å²) in [7, 11) is 0. The first-order valence-electron chi connectivity index (χ1n) is 6.92. The maximum absolute atomic E-state index is 5.53. The summed E-state index contributed by atoms with van der Waals surface area (Å²) in [6.45, 7) is 2.05. The van der Waals surface area contributed by atoms with Crippen LogP contribution in [0, 0.1) is 0 Å². The number of nitrogens with zero attached hydrogens (tertiary/aromatic N) is 1. The highest BCUT2D eigenvalue weighted by Crippen LogP contribution is 2.31. The van der Waals surface area contributed by atoms with E-state index >= 15 is 0 Å². The molecule has 0 saturated heterocycles. The van der Waals surface area contributed by atoms with Gasteiger partial charge in [0.05, 0.1) is 11.6 Å². The minimum atomic E-state index is 0.126. The van der Waals surface area contributed by atoms with Gasteiger partial charge in [-0.05, 0) is 11.1 Å². The molecule has 0 atom stereocenters. The monoisotopic (exact) mass is 263 g/mol. The number of hydrogen-bond donors (Lipinski definition) is 0. The van der Waals surface area contributed by atoms with Crippen molar-refractivity contribution in [1.82, 2.24) is 4.98 Å². The van der Waals surface area contributed by atoms with Gasteiger partial charge >= 0.3 is 0 Å². The molecule has 1 aromatic heterocycles. The molecule has 0 aliphatic rings. The molecule has 0 aliphatic heterocycles. The van der Waals surface area contributed by atoms with E-state index in [1.807, 2.05) is 12.1 Å². The SMILES string of the molecule is CCc1nc(C(c2ccccc2)c2ccccc2)co1. The van der Waals surface area contributed by atoms with Crippen LogP contribution in [-0.2, 0) is 6.42 Å². The van der Waals surface area contributed by atoms with Crippen LogP contribution in [0.4, 0.5) is 0 Å². The Balaban J connectivity index is 2.09. The van der Waals surface area contributed by atoms with E-state index in [1.165, 1.54) is 11.1 Å². The molecule has 0 aliphatic carbocycles. The van der Waals surface area contributed by atoms with Crippen molar-refractivity contribution in [1.29, 1.82) is 0 Å². The minimum absolute atomic E-state index is 0.126. The third kappa shape index (κ3) is 2.50. The molecular formula is C18H17NO. The molecule has 2 nitrogen and oxygen atoms in total. The summed E-state index contributed by atoms with van der Waals surface area (Å²) in [5.41, 5.74) is 3.43. The van der Waals surface area contributed by atoms with Gasteiger partial charge in [-0.2, -0.15) is 0 Å². The van der Waals surface area contributed by atoms with Gasteiger partial charge in [0, 0.05) is 6.42 Å². The normalized spacial score (nSPS) is 10.9. The topological polar surface area (TPSA) is 26.0 Å². The Kier molecular flexibility index (Phi) is 3.64. The molecule has 2 heteroatoms. The quantitative estimate of drug-likeness (QED) is 0.696. The predicted octanol–water partition coefficient (Wildman–Crippen LogP) is 4.42. The summed E-state index contributed by atoms with van der Waals surface area (Å²) in [6, 6.07) is 20.9. The third-order valence-corrected chi connectivity index (χ3v) is 3.43. The summed E-state index contributed by atoms with van der Waals surface area (Å²) in [6.07, 6.45) is 2.60. The highest BCUT2D eigenvalue weighted by Gasteiger charge is 2.19. The maximum atomic E-state index is 5.53. The molecule has 20 heavy (non-hydrogen) atoms. The van der Waals surface area contributed by atoms with Gasteiger partial charge < -0.3 is 4.42 Å². The van der Waals surface area contributed by atoms with Gasteiger partial charge in [-0.3, -0.25) is 0 Å². The van der Waals surface area contributed by atoms with E-state index in [0.29, 0.717) is 0 Å². The second-order valence-electron chi connectivity index (χ2n) is 4.77. The Morgan fingerprint density at radius 3 is 1.90 bits per heavy atom. The van der Waals surface area contributed by atoms with Crippen molar-refractivity contribution < 1.29 is 4.42 Å². The maximum Gasteiger partial charge on any atom is 0.193 e. The van der Waals surface area contributed by atoms with Crippen molar-refractivity contribution in [2.75, 3.05) is 0 Å². The van der Waals surface area contributed by atoms with Crippen LogP contribution in [0.1, 0.15) is 35.6 Å². The van der Waals surface area contributed by atoms with Crippen molar-refractivity contribution in [2.45, 2.75) is 19.3 Å². The van der Waals surface area contributed by atoms with Gasteiger partial charge in [-0.1, -0.05) is 67.6 Å². The molecular weight excluding hydrogens is 246 g/mol. The van der Waals surface area contributed by atoms with Crippen LogP contribution in [0.2, 0.25) is 0 Å². The molecule has 0 N–H and O–H groups in total. The lowest BCUT2D eigenvalue weighted by Crippen LogP contribution is -2.03. The molecule has 0 spiro atoms. The zero-order valence-electron chi connectivity index (χ0n) is 11.5. The van der Waals surface area contributed by atoms with Gasteiger partial charge in [0.25, 0.3) is 0 Å². The first-order valence-corrected chi connectivity index (χ1v) is 6.92. The predicted molar refractivity (Wildman–Crippen MR) is 79.7 cm³/mol. The standard InChI is InChI=1S/C18H17NO/c1-2-17-19-16(13-20-17)18(14-9-5-3-6-10-14)15-11-7-4-8-12-15/h3-13,18H,2H2,1H3. The van der Waals surface area contributed by atoms with E-state index < -0.39 is 0 Å². The van der Waals surface area contributed by atoms with Crippen molar-refractivity contribution in [3.63, 3.8) is 0 Å². The van der Waals surface area contributed by atoms with Gasteiger partial charge in [-0.25, -0.2) is 4.98 Å². The van der Waals surface area contributed by atoms with Crippen LogP contribution >= 0.6 is 0 Å². The zero-order valence-corrected chi connectivity index (χ0v) is 11.5. The van der Waals surface area contributed by atoms with Gasteiger partial charge in [0.15, 0.2) is 5.89 Å². The van der Waals surface area contributed by atoms with E-state index in [9.17, 15) is 0 Å². The van der Waals surface area contributed by atoms with E-state index in [1.54, 1.807) is 6.26 Å². The van der Waals surface area contributed by atoms with Crippen LogP contribution in [0.3, 0.4) is 0 Å². The summed E-state index contributed by atoms with van der Waals surface area (Å²) >= 11 is 0. The summed E-state index contributed by atoms with van der Waals surface area (Å²) in [4.78, 5) is 4.62. The summed E-state index contributed by atoms with van der Waals surface area (Å²) in [5.74, 6) is 0.915. The van der Waals surface area contributed by atoms with Crippen LogP contribution in [0.25, 0.3) is 0 Å². The first kappa shape index (κ1) is 12.7. The Hall–Kier alpha value is -2.35. The fourth-order valence-corrected chi connectivity index (χ4v) is 2.45. The molecule has 0 fully saturated rings. The van der Waals surface area contributed by atoms with Crippen LogP contribution < -0.4 is 0 Å². The van der Waals surface area contributed by atoms with Crippen LogP contribution in [0.5, 0.6) is 0 Å². The molecule has 3 rings (SSSR count). The minimum Gasteiger partial charge on any atom is -0.449 e. The Labute approximate surface area is 119 Å². The molecule has 1 heterocycles. The lowest BCUT2D eigenvalue weighted by atomic mass is 9.89. The average molecular weight is 263 g/mol. The van der Waals surface area contributed by atoms with Gasteiger partial charge in [0.2, 0.25) is 0 Å². The van der Waals surface area contributed by atoms with Crippen LogP contribution in [0.15, 0.2) is 71.3 Å².